The normalized spacial score (nSPS) is 12.0. The zero-order valence-corrected chi connectivity index (χ0v) is 25.9. The lowest BCUT2D eigenvalue weighted by molar-refractivity contribution is 1.31. The van der Waals surface area contributed by atoms with Crippen molar-refractivity contribution in [3.63, 3.8) is 0 Å². The van der Waals surface area contributed by atoms with Gasteiger partial charge in [0.1, 0.15) is 0 Å². The number of rotatable bonds is 4. The van der Waals surface area contributed by atoms with Crippen LogP contribution in [0.15, 0.2) is 151 Å². The van der Waals surface area contributed by atoms with Gasteiger partial charge in [-0.2, -0.15) is 0 Å². The second-order valence-corrected chi connectivity index (χ2v) is 11.8. The van der Waals surface area contributed by atoms with E-state index in [-0.39, 0.29) is 0 Å². The quantitative estimate of drug-likeness (QED) is 0.207. The molecule has 5 heteroatoms. The van der Waals surface area contributed by atoms with Crippen LogP contribution in [0.1, 0.15) is 17.1 Å². The fourth-order valence-electron chi connectivity index (χ4n) is 6.70. The Bertz CT molecular complexity index is 2180. The molecule has 0 saturated heterocycles. The number of H-pyrrole nitrogens is 2. The summed E-state index contributed by atoms with van der Waals surface area (Å²) in [6, 6.07) is 50.2. The highest BCUT2D eigenvalue weighted by atomic mass is 15.0. The Kier molecular flexibility index (Phi) is 6.72. The van der Waals surface area contributed by atoms with E-state index in [1.807, 2.05) is 30.5 Å². The summed E-state index contributed by atoms with van der Waals surface area (Å²) in [6.45, 7) is 0. The number of aliphatic imine (C=N–C) groups is 1. The van der Waals surface area contributed by atoms with Crippen molar-refractivity contribution >= 4 is 46.3 Å². The molecule has 2 aliphatic rings. The van der Waals surface area contributed by atoms with E-state index in [0.29, 0.717) is 5.82 Å². The Labute approximate surface area is 277 Å². The number of benzene rings is 4. The molecule has 7 aromatic rings. The smallest absolute Gasteiger partial charge is 0.162 e. The maximum absolute atomic E-state index is 5.34. The number of hydrogen-bond acceptors (Lipinski definition) is 3. The summed E-state index contributed by atoms with van der Waals surface area (Å²) in [5.41, 5.74) is 14.6. The van der Waals surface area contributed by atoms with Gasteiger partial charge in [-0.25, -0.2) is 15.0 Å². The first-order chi connectivity index (χ1) is 23.8. The van der Waals surface area contributed by atoms with E-state index in [2.05, 4.69) is 143 Å². The third-order valence-corrected chi connectivity index (χ3v) is 8.87. The summed E-state index contributed by atoms with van der Waals surface area (Å²) in [7, 11) is 0. The van der Waals surface area contributed by atoms with E-state index in [4.69, 9.17) is 15.0 Å². The molecular weight excluding hydrogens is 587 g/mol. The van der Waals surface area contributed by atoms with Gasteiger partial charge < -0.3 is 9.97 Å². The molecule has 4 aromatic carbocycles. The SMILES string of the molecule is C1=Cc2nc1c(-c1ccccc1)c1ccc([nH]1)c(-c1ccccc1)c1nc(c(-c3ccccc3)c3ccc([nH]3)c2-c2ccccc2)N=C1. The first-order valence-corrected chi connectivity index (χ1v) is 16.0. The van der Waals surface area contributed by atoms with Crippen LogP contribution in [0.5, 0.6) is 0 Å². The summed E-state index contributed by atoms with van der Waals surface area (Å²) >= 11 is 0. The van der Waals surface area contributed by atoms with Crippen molar-refractivity contribution in [1.82, 2.24) is 19.9 Å². The molecule has 0 fully saturated rings. The molecule has 0 spiro atoms. The van der Waals surface area contributed by atoms with E-state index >= 15 is 0 Å². The summed E-state index contributed by atoms with van der Waals surface area (Å²) in [5, 5.41) is 0. The molecule has 0 aliphatic carbocycles. The van der Waals surface area contributed by atoms with Crippen molar-refractivity contribution in [3.05, 3.63) is 163 Å². The predicted molar refractivity (Wildman–Crippen MR) is 199 cm³/mol. The van der Waals surface area contributed by atoms with E-state index in [9.17, 15) is 0 Å². The van der Waals surface area contributed by atoms with Crippen molar-refractivity contribution < 1.29 is 0 Å². The van der Waals surface area contributed by atoms with Crippen LogP contribution >= 0.6 is 0 Å². The molecule has 8 bridgehead atoms. The number of nitrogens with one attached hydrogen (secondary N) is 2. The van der Waals surface area contributed by atoms with Gasteiger partial charge in [0, 0.05) is 38.8 Å². The zero-order valence-electron chi connectivity index (χ0n) is 25.9. The van der Waals surface area contributed by atoms with Gasteiger partial charge in [0.05, 0.1) is 28.8 Å². The molecule has 0 radical (unpaired) electrons. The molecule has 48 heavy (non-hydrogen) atoms. The number of hydrogen-bond donors (Lipinski definition) is 2. The summed E-state index contributed by atoms with van der Waals surface area (Å²) in [4.78, 5) is 23.1. The van der Waals surface area contributed by atoms with Crippen LogP contribution in [-0.2, 0) is 0 Å². The van der Waals surface area contributed by atoms with Crippen molar-refractivity contribution in [2.75, 3.05) is 0 Å². The second kappa shape index (κ2) is 11.6. The summed E-state index contributed by atoms with van der Waals surface area (Å²) in [5.74, 6) is 0.656. The maximum atomic E-state index is 5.34. The van der Waals surface area contributed by atoms with E-state index in [1.165, 1.54) is 0 Å². The minimum atomic E-state index is 0.656. The van der Waals surface area contributed by atoms with Crippen LogP contribution in [0.25, 0.3) is 78.7 Å². The molecule has 9 rings (SSSR count). The zero-order chi connectivity index (χ0) is 31.9. The molecule has 2 N–H and O–H groups in total. The van der Waals surface area contributed by atoms with Gasteiger partial charge in [-0.3, -0.25) is 0 Å². The van der Waals surface area contributed by atoms with Crippen LogP contribution in [-0.4, -0.2) is 26.2 Å². The van der Waals surface area contributed by atoms with Gasteiger partial charge >= 0.3 is 0 Å². The molecular formula is C43H29N5. The third kappa shape index (κ3) is 4.86. The van der Waals surface area contributed by atoms with Crippen LogP contribution in [0.3, 0.4) is 0 Å². The molecule has 0 unspecified atom stereocenters. The van der Waals surface area contributed by atoms with Gasteiger partial charge in [-0.15, -0.1) is 0 Å². The average Bonchev–Trinajstić information content (AvgIpc) is 3.98. The molecule has 5 heterocycles. The van der Waals surface area contributed by atoms with Gasteiger partial charge in [0.25, 0.3) is 0 Å². The van der Waals surface area contributed by atoms with Crippen molar-refractivity contribution in [2.45, 2.75) is 0 Å². The van der Waals surface area contributed by atoms with E-state index < -0.39 is 0 Å². The molecule has 3 aromatic heterocycles. The Morgan fingerprint density at radius 2 is 0.688 bits per heavy atom. The topological polar surface area (TPSA) is 69.7 Å². The van der Waals surface area contributed by atoms with Crippen LogP contribution in [0.4, 0.5) is 5.82 Å². The van der Waals surface area contributed by atoms with Gasteiger partial charge in [-0.05, 0) is 58.7 Å². The van der Waals surface area contributed by atoms with Crippen LogP contribution < -0.4 is 0 Å². The highest BCUT2D eigenvalue weighted by Gasteiger charge is 2.19. The largest absolute Gasteiger partial charge is 0.354 e. The molecule has 2 aliphatic heterocycles. The van der Waals surface area contributed by atoms with E-state index in [0.717, 1.165) is 83.7 Å². The van der Waals surface area contributed by atoms with Gasteiger partial charge in [0.2, 0.25) is 0 Å². The molecule has 226 valence electrons. The lowest BCUT2D eigenvalue weighted by Gasteiger charge is -2.06. The summed E-state index contributed by atoms with van der Waals surface area (Å²) < 4.78 is 0. The summed E-state index contributed by atoms with van der Waals surface area (Å²) in [6.07, 6.45) is 6.14. The minimum Gasteiger partial charge on any atom is -0.354 e. The molecule has 0 saturated carbocycles. The second-order valence-electron chi connectivity index (χ2n) is 11.8. The third-order valence-electron chi connectivity index (χ3n) is 8.87. The van der Waals surface area contributed by atoms with E-state index in [1.54, 1.807) is 0 Å². The fraction of sp³-hybridized carbons (Fsp3) is 0. The molecule has 5 nitrogen and oxygen atoms in total. The first-order valence-electron chi connectivity index (χ1n) is 16.0. The molecule has 0 amide bonds. The average molecular weight is 616 g/mol. The lowest BCUT2D eigenvalue weighted by atomic mass is 10.0. The minimum absolute atomic E-state index is 0.656. The Morgan fingerprint density at radius 1 is 0.333 bits per heavy atom. The monoisotopic (exact) mass is 615 g/mol. The van der Waals surface area contributed by atoms with Crippen molar-refractivity contribution in [3.8, 4) is 44.5 Å². The lowest BCUT2D eigenvalue weighted by Crippen LogP contribution is -1.89. The highest BCUT2D eigenvalue weighted by molar-refractivity contribution is 6.02. The van der Waals surface area contributed by atoms with Crippen LogP contribution in [0, 0.1) is 0 Å². The Balaban J connectivity index is 1.49. The number of nitrogens with zero attached hydrogens (tertiary/aromatic N) is 3. The Morgan fingerprint density at radius 3 is 1.10 bits per heavy atom. The first kappa shape index (κ1) is 27.7. The predicted octanol–water partition coefficient (Wildman–Crippen LogP) is 10.9. The number of fused-ring (bicyclic) bond motifs is 8. The number of aromatic amines is 2. The number of aromatic nitrogens is 4. The van der Waals surface area contributed by atoms with Crippen LogP contribution in [0.2, 0.25) is 0 Å². The Hall–Kier alpha value is -6.59. The fourth-order valence-corrected chi connectivity index (χ4v) is 6.70. The standard InChI is InChI=1S/C43H29N5/c1-5-13-28(14-6-1)39-32-21-22-33(45-32)40(29-15-7-2-8-16-29)35-25-26-37(47-35)42(31-19-11-4-12-20-31)43-44-27-38(48-43)41(30-17-9-3-10-18-30)36-24-23-34(39)46-36/h1-27,46-47H. The van der Waals surface area contributed by atoms with Crippen molar-refractivity contribution in [2.24, 2.45) is 4.99 Å². The molecule has 0 atom stereocenters. The highest BCUT2D eigenvalue weighted by Crippen LogP contribution is 2.38. The van der Waals surface area contributed by atoms with Gasteiger partial charge in [0.15, 0.2) is 5.82 Å². The van der Waals surface area contributed by atoms with Gasteiger partial charge in [-0.1, -0.05) is 121 Å². The van der Waals surface area contributed by atoms with Crippen molar-refractivity contribution in [1.29, 1.82) is 0 Å². The maximum Gasteiger partial charge on any atom is 0.162 e.